The fourth-order valence-corrected chi connectivity index (χ4v) is 3.58. The zero-order valence-corrected chi connectivity index (χ0v) is 19.8. The van der Waals surface area contributed by atoms with Gasteiger partial charge in [0.05, 0.1) is 23.8 Å². The van der Waals surface area contributed by atoms with Crippen LogP contribution in [0.3, 0.4) is 0 Å². The van der Waals surface area contributed by atoms with Gasteiger partial charge in [-0.1, -0.05) is 46.8 Å². The summed E-state index contributed by atoms with van der Waals surface area (Å²) in [6.07, 6.45) is 5.99. The predicted octanol–water partition coefficient (Wildman–Crippen LogP) is 4.58. The van der Waals surface area contributed by atoms with Crippen molar-refractivity contribution in [2.24, 2.45) is 0 Å². The second-order valence-electron chi connectivity index (χ2n) is 9.52. The summed E-state index contributed by atoms with van der Waals surface area (Å²) in [5.74, 6) is 0. The minimum Gasteiger partial charge on any atom is -0.373 e. The molecular weight excluding hydrogens is 382 g/mol. The van der Waals surface area contributed by atoms with Crippen LogP contribution < -0.4 is 9.21 Å². The molecule has 160 valence electrons. The Kier molecular flexibility index (Phi) is 6.68. The third kappa shape index (κ3) is 5.95. The van der Waals surface area contributed by atoms with E-state index in [1.54, 1.807) is 7.05 Å². The van der Waals surface area contributed by atoms with Crippen LogP contribution in [-0.4, -0.2) is 40.3 Å². The first-order valence-corrected chi connectivity index (χ1v) is 11.8. The van der Waals surface area contributed by atoms with Crippen LogP contribution in [0.5, 0.6) is 0 Å². The van der Waals surface area contributed by atoms with Gasteiger partial charge in [-0.05, 0) is 46.6 Å². The molecule has 0 saturated heterocycles. The normalized spacial score (nSPS) is 12.7. The van der Waals surface area contributed by atoms with E-state index in [9.17, 15) is 8.42 Å². The van der Waals surface area contributed by atoms with Gasteiger partial charge in [-0.2, -0.15) is 0 Å². The largest absolute Gasteiger partial charge is 0.373 e. The van der Waals surface area contributed by atoms with Crippen molar-refractivity contribution in [3.05, 3.63) is 53.9 Å². The molecule has 0 N–H and O–H groups in total. The van der Waals surface area contributed by atoms with Crippen molar-refractivity contribution >= 4 is 21.4 Å². The summed E-state index contributed by atoms with van der Waals surface area (Å²) in [5.41, 5.74) is 4.11. The van der Waals surface area contributed by atoms with Crippen molar-refractivity contribution in [1.29, 1.82) is 0 Å². The van der Waals surface area contributed by atoms with Gasteiger partial charge in [-0.3, -0.25) is 9.29 Å². The molecule has 2 rings (SSSR count). The summed E-state index contributed by atoms with van der Waals surface area (Å²) in [6.45, 7) is 11.8. The lowest BCUT2D eigenvalue weighted by atomic mass is 9.81. The highest BCUT2D eigenvalue weighted by molar-refractivity contribution is 7.92. The molecule has 0 saturated carbocycles. The molecule has 2 aromatic rings. The summed E-state index contributed by atoms with van der Waals surface area (Å²) in [7, 11) is 0.400. The number of nitrogens with zero attached hydrogens (tertiary/aromatic N) is 3. The number of benzene rings is 1. The van der Waals surface area contributed by atoms with E-state index in [-0.39, 0.29) is 10.8 Å². The molecule has 0 radical (unpaired) electrons. The maximum atomic E-state index is 11.9. The fraction of sp³-hybridized carbons (Fsp3) is 0.522. The smallest absolute Gasteiger partial charge is 0.231 e. The monoisotopic (exact) mass is 417 g/mol. The number of sulfonamides is 1. The predicted molar refractivity (Wildman–Crippen MR) is 124 cm³/mol. The van der Waals surface area contributed by atoms with Gasteiger partial charge in [-0.15, -0.1) is 0 Å². The van der Waals surface area contributed by atoms with Gasteiger partial charge in [0.15, 0.2) is 0 Å². The summed E-state index contributed by atoms with van der Waals surface area (Å²) >= 11 is 0. The van der Waals surface area contributed by atoms with E-state index < -0.39 is 10.0 Å². The first-order valence-electron chi connectivity index (χ1n) is 9.93. The highest BCUT2D eigenvalue weighted by Gasteiger charge is 2.23. The summed E-state index contributed by atoms with van der Waals surface area (Å²) in [4.78, 5) is 6.66. The van der Waals surface area contributed by atoms with Crippen LogP contribution in [0.4, 0.5) is 11.4 Å². The van der Waals surface area contributed by atoms with Gasteiger partial charge in [0.2, 0.25) is 10.0 Å². The van der Waals surface area contributed by atoms with Gasteiger partial charge in [0.25, 0.3) is 0 Å². The fourth-order valence-electron chi connectivity index (χ4n) is 3.08. The Hall–Kier alpha value is -2.08. The van der Waals surface area contributed by atoms with Crippen molar-refractivity contribution in [2.75, 3.05) is 36.1 Å². The summed E-state index contributed by atoms with van der Waals surface area (Å²) in [5, 5.41) is 0. The topological polar surface area (TPSA) is 53.5 Å². The van der Waals surface area contributed by atoms with Crippen molar-refractivity contribution in [1.82, 2.24) is 4.98 Å². The lowest BCUT2D eigenvalue weighted by Crippen LogP contribution is -2.28. The number of hydrogen-bond acceptors (Lipinski definition) is 4. The number of pyridine rings is 1. The second kappa shape index (κ2) is 8.34. The molecule has 0 unspecified atom stereocenters. The number of aromatic nitrogens is 1. The van der Waals surface area contributed by atoms with Crippen molar-refractivity contribution in [3.63, 3.8) is 0 Å². The zero-order chi connectivity index (χ0) is 22.0. The Bertz CT molecular complexity index is 947. The molecule has 0 aliphatic rings. The van der Waals surface area contributed by atoms with Crippen LogP contribution in [0.1, 0.15) is 52.2 Å². The van der Waals surface area contributed by atoms with E-state index in [0.29, 0.717) is 5.69 Å². The van der Waals surface area contributed by atoms with E-state index in [1.807, 2.05) is 30.6 Å². The Labute approximate surface area is 176 Å². The van der Waals surface area contributed by atoms with Crippen LogP contribution in [0.25, 0.3) is 0 Å². The average molecular weight is 418 g/mol. The van der Waals surface area contributed by atoms with E-state index in [1.165, 1.54) is 16.1 Å². The van der Waals surface area contributed by atoms with Gasteiger partial charge in [0.1, 0.15) is 0 Å². The van der Waals surface area contributed by atoms with E-state index in [4.69, 9.17) is 0 Å². The highest BCUT2D eigenvalue weighted by Crippen LogP contribution is 2.31. The quantitative estimate of drug-likeness (QED) is 0.662. The minimum absolute atomic E-state index is 0.0647. The Morgan fingerprint density at radius 2 is 1.55 bits per heavy atom. The summed E-state index contributed by atoms with van der Waals surface area (Å²) in [6, 6.07) is 10.0. The molecule has 0 bridgehead atoms. The van der Waals surface area contributed by atoms with Crippen molar-refractivity contribution in [3.8, 4) is 0 Å². The van der Waals surface area contributed by atoms with E-state index in [0.717, 1.165) is 24.2 Å². The van der Waals surface area contributed by atoms with Gasteiger partial charge >= 0.3 is 0 Å². The van der Waals surface area contributed by atoms with Gasteiger partial charge in [-0.25, -0.2) is 8.42 Å². The van der Waals surface area contributed by atoms with Crippen molar-refractivity contribution < 1.29 is 8.42 Å². The molecule has 1 aromatic carbocycles. The Morgan fingerprint density at radius 1 is 0.931 bits per heavy atom. The van der Waals surface area contributed by atoms with Crippen LogP contribution in [-0.2, 0) is 20.9 Å². The number of hydrogen-bond donors (Lipinski definition) is 0. The average Bonchev–Trinajstić information content (AvgIpc) is 2.64. The number of anilines is 2. The molecular formula is C23H35N3O2S. The molecule has 1 heterocycles. The first-order chi connectivity index (χ1) is 13.2. The third-order valence-corrected chi connectivity index (χ3v) is 6.80. The second-order valence-corrected chi connectivity index (χ2v) is 11.5. The first kappa shape index (κ1) is 23.2. The lowest BCUT2D eigenvalue weighted by Gasteiger charge is -2.30. The molecule has 6 heteroatoms. The maximum Gasteiger partial charge on any atom is 0.231 e. The SMILES string of the molecule is CN(CCC(C)(C)c1cccc(N(C)S(C)(=O)=O)c1)c1cncc(C(C)(C)C)c1. The molecule has 0 spiro atoms. The Balaban J connectivity index is 2.16. The molecule has 1 aromatic heterocycles. The molecule has 0 fully saturated rings. The summed E-state index contributed by atoms with van der Waals surface area (Å²) < 4.78 is 25.1. The van der Waals surface area contributed by atoms with Crippen molar-refractivity contribution in [2.45, 2.75) is 51.9 Å². The molecule has 29 heavy (non-hydrogen) atoms. The van der Waals surface area contributed by atoms with Crippen LogP contribution in [0.2, 0.25) is 0 Å². The van der Waals surface area contributed by atoms with Crippen LogP contribution >= 0.6 is 0 Å². The molecule has 0 aliphatic heterocycles. The molecule has 5 nitrogen and oxygen atoms in total. The van der Waals surface area contributed by atoms with E-state index >= 15 is 0 Å². The Morgan fingerprint density at radius 3 is 2.14 bits per heavy atom. The standard InChI is InChI=1S/C23H35N3O2S/c1-22(2,3)19-15-21(17-24-16-19)25(6)13-12-23(4,5)18-10-9-11-20(14-18)26(7)29(8,27)28/h9-11,14-17H,12-13H2,1-8H3. The lowest BCUT2D eigenvalue weighted by molar-refractivity contribution is 0.482. The van der Waals surface area contributed by atoms with Gasteiger partial charge < -0.3 is 4.90 Å². The molecule has 0 atom stereocenters. The zero-order valence-electron chi connectivity index (χ0n) is 19.0. The molecule has 0 aliphatic carbocycles. The number of rotatable bonds is 7. The van der Waals surface area contributed by atoms with Gasteiger partial charge in [0, 0.05) is 26.8 Å². The van der Waals surface area contributed by atoms with Crippen LogP contribution in [0, 0.1) is 0 Å². The van der Waals surface area contributed by atoms with E-state index in [2.05, 4.69) is 63.7 Å². The van der Waals surface area contributed by atoms with Crippen LogP contribution in [0.15, 0.2) is 42.7 Å². The maximum absolute atomic E-state index is 11.9. The minimum atomic E-state index is -3.28. The highest BCUT2D eigenvalue weighted by atomic mass is 32.2. The molecule has 0 amide bonds. The third-order valence-electron chi connectivity index (χ3n) is 5.59.